The summed E-state index contributed by atoms with van der Waals surface area (Å²) in [5.41, 5.74) is 5.14. The SMILES string of the molecule is CSCCC(NC(=O)C(CO)NC(=O)C(CS)NC(=O)CN)C(=O)O. The summed E-state index contributed by atoms with van der Waals surface area (Å²) in [7, 11) is 0. The Hall–Kier alpha value is -1.50. The third kappa shape index (κ3) is 8.95. The molecule has 0 aromatic rings. The molecule has 3 atom stereocenters. The number of aliphatic hydroxyl groups excluding tert-OH is 1. The minimum atomic E-state index is -1.36. The summed E-state index contributed by atoms with van der Waals surface area (Å²) in [6.45, 7) is -1.06. The van der Waals surface area contributed by atoms with E-state index < -0.39 is 48.4 Å². The Morgan fingerprint density at radius 1 is 1.08 bits per heavy atom. The van der Waals surface area contributed by atoms with Crippen molar-refractivity contribution in [1.29, 1.82) is 0 Å². The van der Waals surface area contributed by atoms with Gasteiger partial charge >= 0.3 is 5.97 Å². The van der Waals surface area contributed by atoms with E-state index in [1.54, 1.807) is 6.26 Å². The highest BCUT2D eigenvalue weighted by atomic mass is 32.2. The summed E-state index contributed by atoms with van der Waals surface area (Å²) < 4.78 is 0. The number of carbonyl (C=O) groups is 4. The van der Waals surface area contributed by atoms with Gasteiger partial charge in [0.25, 0.3) is 0 Å². The topological polar surface area (TPSA) is 171 Å². The van der Waals surface area contributed by atoms with Crippen molar-refractivity contribution in [1.82, 2.24) is 16.0 Å². The van der Waals surface area contributed by atoms with E-state index >= 15 is 0 Å². The van der Waals surface area contributed by atoms with Gasteiger partial charge in [0.05, 0.1) is 13.2 Å². The minimum Gasteiger partial charge on any atom is -0.480 e. The summed E-state index contributed by atoms with van der Waals surface area (Å²) in [6.07, 6.45) is 1.99. The van der Waals surface area contributed by atoms with Crippen molar-refractivity contribution in [3.05, 3.63) is 0 Å². The smallest absolute Gasteiger partial charge is 0.326 e. The Morgan fingerprint density at radius 2 is 1.64 bits per heavy atom. The first kappa shape index (κ1) is 23.5. The number of carboxylic acid groups (broad SMARTS) is 1. The number of rotatable bonds is 12. The van der Waals surface area contributed by atoms with Gasteiger partial charge in [-0.3, -0.25) is 14.4 Å². The monoisotopic (exact) mass is 396 g/mol. The van der Waals surface area contributed by atoms with Crippen LogP contribution in [-0.4, -0.2) is 82.9 Å². The molecule has 3 amide bonds. The maximum atomic E-state index is 12.1. The van der Waals surface area contributed by atoms with Crippen LogP contribution < -0.4 is 21.7 Å². The quantitative estimate of drug-likeness (QED) is 0.173. The predicted molar refractivity (Wildman–Crippen MR) is 96.4 cm³/mol. The van der Waals surface area contributed by atoms with Gasteiger partial charge in [0.15, 0.2) is 0 Å². The number of amides is 3. The van der Waals surface area contributed by atoms with Gasteiger partial charge in [-0.1, -0.05) is 0 Å². The summed E-state index contributed by atoms with van der Waals surface area (Å²) in [5, 5.41) is 25.2. The molecule has 10 nitrogen and oxygen atoms in total. The zero-order valence-corrected chi connectivity index (χ0v) is 15.4. The van der Waals surface area contributed by atoms with Crippen molar-refractivity contribution in [2.45, 2.75) is 24.5 Å². The molecule has 0 aliphatic rings. The lowest BCUT2D eigenvalue weighted by atomic mass is 10.2. The fourth-order valence-electron chi connectivity index (χ4n) is 1.68. The van der Waals surface area contributed by atoms with E-state index in [-0.39, 0.29) is 18.7 Å². The number of hydrogen-bond acceptors (Lipinski definition) is 8. The molecule has 25 heavy (non-hydrogen) atoms. The van der Waals surface area contributed by atoms with Gasteiger partial charge in [-0.15, -0.1) is 0 Å². The molecule has 0 radical (unpaired) electrons. The van der Waals surface area contributed by atoms with E-state index in [1.165, 1.54) is 11.8 Å². The van der Waals surface area contributed by atoms with Crippen LogP contribution >= 0.6 is 24.4 Å². The molecule has 0 saturated heterocycles. The third-order valence-electron chi connectivity index (χ3n) is 3.06. The van der Waals surface area contributed by atoms with Crippen LogP contribution in [0.15, 0.2) is 0 Å². The number of hydrogen-bond donors (Lipinski definition) is 7. The number of nitrogens with one attached hydrogen (secondary N) is 3. The molecule has 0 bridgehead atoms. The molecule has 0 aromatic heterocycles. The molecule has 0 fully saturated rings. The van der Waals surface area contributed by atoms with Gasteiger partial charge in [-0.25, -0.2) is 4.79 Å². The highest BCUT2D eigenvalue weighted by Gasteiger charge is 2.28. The van der Waals surface area contributed by atoms with Gasteiger partial charge in [0, 0.05) is 5.75 Å². The van der Waals surface area contributed by atoms with E-state index in [1.807, 2.05) is 0 Å². The highest BCUT2D eigenvalue weighted by Crippen LogP contribution is 2.02. The molecule has 144 valence electrons. The van der Waals surface area contributed by atoms with Crippen LogP contribution in [0.2, 0.25) is 0 Å². The number of thioether (sulfide) groups is 1. The molecule has 0 heterocycles. The molecule has 0 aliphatic carbocycles. The molecule has 0 aromatic carbocycles. The largest absolute Gasteiger partial charge is 0.480 e. The zero-order chi connectivity index (χ0) is 19.4. The highest BCUT2D eigenvalue weighted by molar-refractivity contribution is 7.98. The maximum absolute atomic E-state index is 12.1. The normalized spacial score (nSPS) is 14.1. The van der Waals surface area contributed by atoms with Crippen LogP contribution in [-0.2, 0) is 19.2 Å². The van der Waals surface area contributed by atoms with Gasteiger partial charge in [0.1, 0.15) is 18.1 Å². The fraction of sp³-hybridized carbons (Fsp3) is 0.692. The lowest BCUT2D eigenvalue weighted by Crippen LogP contribution is -2.57. The number of nitrogens with two attached hydrogens (primary N) is 1. The average Bonchev–Trinajstić information content (AvgIpc) is 2.59. The summed E-state index contributed by atoms with van der Waals surface area (Å²) in [6, 6.07) is -3.54. The van der Waals surface area contributed by atoms with Gasteiger partial charge in [-0.05, 0) is 18.4 Å². The van der Waals surface area contributed by atoms with Crippen LogP contribution in [0.1, 0.15) is 6.42 Å². The maximum Gasteiger partial charge on any atom is 0.326 e. The van der Waals surface area contributed by atoms with Crippen molar-refractivity contribution >= 4 is 48.1 Å². The molecule has 0 spiro atoms. The van der Waals surface area contributed by atoms with Crippen LogP contribution in [0.4, 0.5) is 0 Å². The van der Waals surface area contributed by atoms with E-state index in [0.29, 0.717) is 5.75 Å². The molecule has 0 saturated carbocycles. The second-order valence-corrected chi connectivity index (χ2v) is 6.28. The van der Waals surface area contributed by atoms with Crippen LogP contribution in [0, 0.1) is 0 Å². The Kier molecular flexibility index (Phi) is 12.0. The van der Waals surface area contributed by atoms with Crippen molar-refractivity contribution in [2.75, 3.05) is 30.9 Å². The molecule has 0 aliphatic heterocycles. The lowest BCUT2D eigenvalue weighted by molar-refractivity contribution is -0.142. The Labute approximate surface area is 155 Å². The number of carbonyl (C=O) groups excluding carboxylic acids is 3. The van der Waals surface area contributed by atoms with Crippen LogP contribution in [0.25, 0.3) is 0 Å². The van der Waals surface area contributed by atoms with E-state index in [0.717, 1.165) is 0 Å². The third-order valence-corrected chi connectivity index (χ3v) is 4.07. The van der Waals surface area contributed by atoms with Crippen LogP contribution in [0.3, 0.4) is 0 Å². The van der Waals surface area contributed by atoms with Crippen molar-refractivity contribution in [3.8, 4) is 0 Å². The Morgan fingerprint density at radius 3 is 2.08 bits per heavy atom. The first-order valence-corrected chi connectivity index (χ1v) is 9.36. The van der Waals surface area contributed by atoms with Crippen molar-refractivity contribution in [3.63, 3.8) is 0 Å². The Bertz CT molecular complexity index is 479. The van der Waals surface area contributed by atoms with Crippen molar-refractivity contribution in [2.24, 2.45) is 5.73 Å². The predicted octanol–water partition coefficient (Wildman–Crippen LogP) is -2.84. The molecule has 0 rings (SSSR count). The fourth-order valence-corrected chi connectivity index (χ4v) is 2.41. The second kappa shape index (κ2) is 12.8. The number of aliphatic carboxylic acids is 1. The van der Waals surface area contributed by atoms with Gasteiger partial charge < -0.3 is 31.9 Å². The first-order chi connectivity index (χ1) is 11.8. The molecule has 7 N–H and O–H groups in total. The Balaban J connectivity index is 4.83. The van der Waals surface area contributed by atoms with Gasteiger partial charge in [-0.2, -0.15) is 24.4 Å². The second-order valence-electron chi connectivity index (χ2n) is 4.93. The molecule has 12 heteroatoms. The molecular formula is C13H24N4O6S2. The average molecular weight is 396 g/mol. The summed E-state index contributed by atoms with van der Waals surface area (Å²) >= 11 is 5.35. The first-order valence-electron chi connectivity index (χ1n) is 7.34. The minimum absolute atomic E-state index is 0.0528. The van der Waals surface area contributed by atoms with Gasteiger partial charge in [0.2, 0.25) is 17.7 Å². The number of aliphatic hydroxyl groups is 1. The van der Waals surface area contributed by atoms with Crippen LogP contribution in [0.5, 0.6) is 0 Å². The summed E-state index contributed by atoms with van der Waals surface area (Å²) in [5.74, 6) is -2.92. The molecule has 3 unspecified atom stereocenters. The number of thiol groups is 1. The number of carboxylic acids is 1. The van der Waals surface area contributed by atoms with E-state index in [2.05, 4.69) is 28.6 Å². The molecular weight excluding hydrogens is 372 g/mol. The van der Waals surface area contributed by atoms with Crippen molar-refractivity contribution < 1.29 is 29.4 Å². The van der Waals surface area contributed by atoms with E-state index in [9.17, 15) is 24.3 Å². The standard InChI is InChI=1S/C13H24N4O6S2/c1-25-3-2-7(13(22)23)16-11(20)8(5-18)17-12(21)9(6-24)15-10(19)4-14/h7-9,18,24H,2-6,14H2,1H3,(H,15,19)(H,16,20)(H,17,21)(H,22,23). The lowest BCUT2D eigenvalue weighted by Gasteiger charge is -2.22. The summed E-state index contributed by atoms with van der Waals surface area (Å²) in [4.78, 5) is 46.5. The zero-order valence-electron chi connectivity index (χ0n) is 13.7. The van der Waals surface area contributed by atoms with E-state index in [4.69, 9.17) is 10.8 Å².